The molecule has 18 heavy (non-hydrogen) atoms. The molecule has 1 N–H and O–H groups in total. The second-order valence-electron chi connectivity index (χ2n) is 6.60. The van der Waals surface area contributed by atoms with Crippen LogP contribution in [0.1, 0.15) is 44.9 Å². The van der Waals surface area contributed by atoms with E-state index in [2.05, 4.69) is 10.2 Å². The first-order valence-corrected chi connectivity index (χ1v) is 7.80. The van der Waals surface area contributed by atoms with Crippen molar-refractivity contribution in [1.29, 1.82) is 0 Å². The Morgan fingerprint density at radius 1 is 1.00 bits per heavy atom. The number of carbonyl (C=O) groups is 1. The van der Waals surface area contributed by atoms with E-state index < -0.39 is 0 Å². The summed E-state index contributed by atoms with van der Waals surface area (Å²) in [6.07, 6.45) is 8.65. The van der Waals surface area contributed by atoms with E-state index in [4.69, 9.17) is 0 Å². The standard InChI is InChI=1S/C15H26N2O/c18-15(8-14-2-1-7-16-9-14)17(10-12-3-4-12)11-13-5-6-13/h12-14,16H,1-11H2. The van der Waals surface area contributed by atoms with E-state index in [-0.39, 0.29) is 0 Å². The minimum absolute atomic E-state index is 0.433. The summed E-state index contributed by atoms with van der Waals surface area (Å²) in [6.45, 7) is 4.29. The van der Waals surface area contributed by atoms with Crippen LogP contribution in [-0.2, 0) is 4.79 Å². The van der Waals surface area contributed by atoms with Crippen LogP contribution in [0.25, 0.3) is 0 Å². The second kappa shape index (κ2) is 5.60. The van der Waals surface area contributed by atoms with Crippen LogP contribution < -0.4 is 5.32 Å². The van der Waals surface area contributed by atoms with Crippen molar-refractivity contribution in [2.75, 3.05) is 26.2 Å². The number of hydrogen-bond acceptors (Lipinski definition) is 2. The Labute approximate surface area is 110 Å². The van der Waals surface area contributed by atoms with Crippen LogP contribution in [0.15, 0.2) is 0 Å². The summed E-state index contributed by atoms with van der Waals surface area (Å²) in [5.74, 6) is 2.68. The number of nitrogens with one attached hydrogen (secondary N) is 1. The molecule has 2 aliphatic carbocycles. The summed E-state index contributed by atoms with van der Waals surface area (Å²) in [7, 11) is 0. The molecule has 2 saturated carbocycles. The molecular weight excluding hydrogens is 224 g/mol. The lowest BCUT2D eigenvalue weighted by atomic mass is 9.95. The molecule has 1 unspecified atom stereocenters. The van der Waals surface area contributed by atoms with Crippen molar-refractivity contribution in [2.45, 2.75) is 44.9 Å². The summed E-state index contributed by atoms with van der Waals surface area (Å²) in [5, 5.41) is 3.41. The fourth-order valence-corrected chi connectivity index (χ4v) is 2.98. The lowest BCUT2D eigenvalue weighted by molar-refractivity contribution is -0.132. The average Bonchev–Trinajstić information content (AvgIpc) is 3.24. The van der Waals surface area contributed by atoms with Crippen LogP contribution in [0, 0.1) is 17.8 Å². The lowest BCUT2D eigenvalue weighted by Crippen LogP contribution is -2.38. The zero-order valence-corrected chi connectivity index (χ0v) is 11.4. The Hall–Kier alpha value is -0.570. The van der Waals surface area contributed by atoms with Gasteiger partial charge in [0.05, 0.1) is 0 Å². The monoisotopic (exact) mass is 250 g/mol. The topological polar surface area (TPSA) is 32.3 Å². The first-order valence-electron chi connectivity index (χ1n) is 7.80. The van der Waals surface area contributed by atoms with Gasteiger partial charge in [0.1, 0.15) is 0 Å². The third-order valence-corrected chi connectivity index (χ3v) is 4.57. The smallest absolute Gasteiger partial charge is 0.222 e. The highest BCUT2D eigenvalue weighted by molar-refractivity contribution is 5.76. The van der Waals surface area contributed by atoms with Crippen molar-refractivity contribution < 1.29 is 4.79 Å². The second-order valence-corrected chi connectivity index (χ2v) is 6.60. The maximum absolute atomic E-state index is 12.4. The molecular formula is C15H26N2O. The molecule has 0 aromatic rings. The number of rotatable bonds is 6. The summed E-state index contributed by atoms with van der Waals surface area (Å²) >= 11 is 0. The van der Waals surface area contributed by atoms with E-state index in [1.165, 1.54) is 38.5 Å². The van der Waals surface area contributed by atoms with Crippen molar-refractivity contribution in [1.82, 2.24) is 10.2 Å². The molecule has 102 valence electrons. The van der Waals surface area contributed by atoms with Crippen molar-refractivity contribution in [3.63, 3.8) is 0 Å². The molecule has 3 rings (SSSR count). The quantitative estimate of drug-likeness (QED) is 0.782. The van der Waals surface area contributed by atoms with Gasteiger partial charge in [0.2, 0.25) is 5.91 Å². The molecule has 0 spiro atoms. The predicted molar refractivity (Wildman–Crippen MR) is 72.2 cm³/mol. The van der Waals surface area contributed by atoms with Gasteiger partial charge in [-0.25, -0.2) is 0 Å². The van der Waals surface area contributed by atoms with Gasteiger partial charge >= 0.3 is 0 Å². The van der Waals surface area contributed by atoms with Crippen molar-refractivity contribution in [3.8, 4) is 0 Å². The summed E-state index contributed by atoms with van der Waals surface area (Å²) in [4.78, 5) is 14.6. The van der Waals surface area contributed by atoms with E-state index in [0.717, 1.165) is 44.4 Å². The van der Waals surface area contributed by atoms with Gasteiger partial charge in [0, 0.05) is 19.5 Å². The summed E-state index contributed by atoms with van der Waals surface area (Å²) in [5.41, 5.74) is 0. The van der Waals surface area contributed by atoms with Crippen molar-refractivity contribution >= 4 is 5.91 Å². The van der Waals surface area contributed by atoms with Gasteiger partial charge in [0.25, 0.3) is 0 Å². The maximum atomic E-state index is 12.4. The van der Waals surface area contributed by atoms with E-state index in [1.54, 1.807) is 0 Å². The largest absolute Gasteiger partial charge is 0.342 e. The number of hydrogen-bond donors (Lipinski definition) is 1. The first kappa shape index (κ1) is 12.5. The molecule has 3 aliphatic rings. The van der Waals surface area contributed by atoms with E-state index in [0.29, 0.717) is 11.8 Å². The minimum Gasteiger partial charge on any atom is -0.342 e. The Bertz CT molecular complexity index is 277. The van der Waals surface area contributed by atoms with Crippen LogP contribution in [0.3, 0.4) is 0 Å². The van der Waals surface area contributed by atoms with Crippen LogP contribution in [0.4, 0.5) is 0 Å². The number of amides is 1. The van der Waals surface area contributed by atoms with Gasteiger partial charge < -0.3 is 10.2 Å². The van der Waals surface area contributed by atoms with Crippen LogP contribution in [0.2, 0.25) is 0 Å². The highest BCUT2D eigenvalue weighted by atomic mass is 16.2. The molecule has 3 nitrogen and oxygen atoms in total. The predicted octanol–water partition coefficient (Wildman–Crippen LogP) is 2.02. The highest BCUT2D eigenvalue weighted by Gasteiger charge is 2.32. The third kappa shape index (κ3) is 3.71. The van der Waals surface area contributed by atoms with Gasteiger partial charge in [-0.15, -0.1) is 0 Å². The molecule has 3 fully saturated rings. The van der Waals surface area contributed by atoms with Gasteiger partial charge in [0.15, 0.2) is 0 Å². The molecule has 3 heteroatoms. The van der Waals surface area contributed by atoms with Crippen LogP contribution in [-0.4, -0.2) is 37.0 Å². The zero-order chi connectivity index (χ0) is 12.4. The average molecular weight is 250 g/mol. The molecule has 0 aromatic heterocycles. The number of piperidine rings is 1. The number of nitrogens with zero attached hydrogens (tertiary/aromatic N) is 1. The van der Waals surface area contributed by atoms with Crippen molar-refractivity contribution in [2.24, 2.45) is 17.8 Å². The number of carbonyl (C=O) groups excluding carboxylic acids is 1. The Morgan fingerprint density at radius 3 is 2.17 bits per heavy atom. The van der Waals surface area contributed by atoms with Gasteiger partial charge in [-0.2, -0.15) is 0 Å². The van der Waals surface area contributed by atoms with Crippen LogP contribution >= 0.6 is 0 Å². The molecule has 0 radical (unpaired) electrons. The maximum Gasteiger partial charge on any atom is 0.222 e. The molecule has 1 atom stereocenters. The molecule has 1 saturated heterocycles. The Balaban J connectivity index is 1.48. The third-order valence-electron chi connectivity index (χ3n) is 4.57. The van der Waals surface area contributed by atoms with Crippen molar-refractivity contribution in [3.05, 3.63) is 0 Å². The normalized spacial score (nSPS) is 28.1. The fourth-order valence-electron chi connectivity index (χ4n) is 2.98. The van der Waals surface area contributed by atoms with Gasteiger partial charge in [-0.05, 0) is 69.4 Å². The van der Waals surface area contributed by atoms with E-state index in [9.17, 15) is 4.79 Å². The zero-order valence-electron chi connectivity index (χ0n) is 11.4. The Kier molecular flexibility index (Phi) is 3.88. The Morgan fingerprint density at radius 2 is 1.67 bits per heavy atom. The summed E-state index contributed by atoms with van der Waals surface area (Å²) < 4.78 is 0. The fraction of sp³-hybridized carbons (Fsp3) is 0.933. The molecule has 0 aromatic carbocycles. The van der Waals surface area contributed by atoms with Gasteiger partial charge in [-0.3, -0.25) is 4.79 Å². The first-order chi connectivity index (χ1) is 8.81. The highest BCUT2D eigenvalue weighted by Crippen LogP contribution is 2.34. The molecule has 1 amide bonds. The van der Waals surface area contributed by atoms with Gasteiger partial charge in [-0.1, -0.05) is 0 Å². The van der Waals surface area contributed by atoms with Crippen LogP contribution in [0.5, 0.6) is 0 Å². The summed E-state index contributed by atoms with van der Waals surface area (Å²) in [6, 6.07) is 0. The SMILES string of the molecule is O=C(CC1CCCNC1)N(CC1CC1)CC1CC1. The molecule has 1 heterocycles. The minimum atomic E-state index is 0.433. The van der Waals surface area contributed by atoms with E-state index >= 15 is 0 Å². The lowest BCUT2D eigenvalue weighted by Gasteiger charge is -2.27. The molecule has 1 aliphatic heterocycles. The molecule has 0 bridgehead atoms. The van der Waals surface area contributed by atoms with E-state index in [1.807, 2.05) is 0 Å².